The zero-order valence-corrected chi connectivity index (χ0v) is 12.5. The van der Waals surface area contributed by atoms with Gasteiger partial charge in [0.1, 0.15) is 17.5 Å². The molecule has 0 bridgehead atoms. The fraction of sp³-hybridized carbons (Fsp3) is 0.714. The summed E-state index contributed by atoms with van der Waals surface area (Å²) >= 11 is 1.93. The monoisotopic (exact) mass is 280 g/mol. The second-order valence-electron chi connectivity index (χ2n) is 5.14. The number of nitrogens with zero attached hydrogens (tertiary/aromatic N) is 2. The molecule has 1 heterocycles. The van der Waals surface area contributed by atoms with Gasteiger partial charge in [-0.2, -0.15) is 11.8 Å². The van der Waals surface area contributed by atoms with Crippen LogP contribution in [0.2, 0.25) is 0 Å². The summed E-state index contributed by atoms with van der Waals surface area (Å²) in [6.45, 7) is 0.972. The smallest absolute Gasteiger partial charge is 0.136 e. The molecule has 0 atom stereocenters. The van der Waals surface area contributed by atoms with Crippen molar-refractivity contribution in [3.8, 4) is 0 Å². The van der Waals surface area contributed by atoms with E-state index in [0.29, 0.717) is 11.7 Å². The van der Waals surface area contributed by atoms with Crippen molar-refractivity contribution in [2.75, 3.05) is 29.6 Å². The summed E-state index contributed by atoms with van der Waals surface area (Å²) in [6, 6.07) is 1.83. The van der Waals surface area contributed by atoms with E-state index in [0.717, 1.165) is 18.2 Å². The van der Waals surface area contributed by atoms with Crippen molar-refractivity contribution in [2.45, 2.75) is 44.4 Å². The molecule has 0 saturated heterocycles. The zero-order chi connectivity index (χ0) is 13.5. The number of aromatic nitrogens is 2. The highest BCUT2D eigenvalue weighted by Gasteiger charge is 2.27. The van der Waals surface area contributed by atoms with Gasteiger partial charge in [-0.25, -0.2) is 9.97 Å². The maximum absolute atomic E-state index is 5.82. The van der Waals surface area contributed by atoms with E-state index in [1.54, 1.807) is 0 Å². The van der Waals surface area contributed by atoms with Crippen LogP contribution in [-0.2, 0) is 0 Å². The molecule has 1 aliphatic carbocycles. The summed E-state index contributed by atoms with van der Waals surface area (Å²) in [6.07, 6.45) is 9.70. The maximum atomic E-state index is 5.82. The second-order valence-corrected chi connectivity index (χ2v) is 6.13. The quantitative estimate of drug-likeness (QED) is 0.680. The predicted molar refractivity (Wildman–Crippen MR) is 83.8 cm³/mol. The Morgan fingerprint density at radius 1 is 1.26 bits per heavy atom. The molecule has 0 aromatic carbocycles. The number of unbranched alkanes of at least 4 members (excludes halogenated alkanes) is 3. The van der Waals surface area contributed by atoms with Crippen LogP contribution in [0.4, 0.5) is 11.6 Å². The van der Waals surface area contributed by atoms with Gasteiger partial charge in [-0.15, -0.1) is 0 Å². The Morgan fingerprint density at radius 3 is 2.79 bits per heavy atom. The van der Waals surface area contributed by atoms with Gasteiger partial charge in [0.15, 0.2) is 0 Å². The van der Waals surface area contributed by atoms with Gasteiger partial charge < -0.3 is 11.1 Å². The molecule has 0 radical (unpaired) electrons. The molecule has 0 amide bonds. The number of nitrogens with two attached hydrogens (primary N) is 1. The molecule has 1 fully saturated rings. The maximum Gasteiger partial charge on any atom is 0.136 e. The Morgan fingerprint density at radius 2 is 2.05 bits per heavy atom. The van der Waals surface area contributed by atoms with Crippen molar-refractivity contribution in [3.63, 3.8) is 0 Å². The lowest BCUT2D eigenvalue weighted by Crippen LogP contribution is -2.07. The Bertz CT molecular complexity index is 393. The summed E-state index contributed by atoms with van der Waals surface area (Å²) < 4.78 is 0. The standard InChI is InChI=1S/C14H24N4S/c1-19-9-5-3-2-4-8-16-13-10-12(15)17-14(18-13)11-6-7-11/h10-11H,2-9H2,1H3,(H3,15,16,17,18). The van der Waals surface area contributed by atoms with Crippen molar-refractivity contribution >= 4 is 23.4 Å². The number of nitrogens with one attached hydrogen (secondary N) is 1. The van der Waals surface area contributed by atoms with E-state index in [-0.39, 0.29) is 0 Å². The minimum Gasteiger partial charge on any atom is -0.384 e. The molecule has 2 rings (SSSR count). The van der Waals surface area contributed by atoms with E-state index < -0.39 is 0 Å². The SMILES string of the molecule is CSCCCCCCNc1cc(N)nc(C2CC2)n1. The van der Waals surface area contributed by atoms with Gasteiger partial charge in [0, 0.05) is 18.5 Å². The molecule has 1 aliphatic rings. The van der Waals surface area contributed by atoms with E-state index >= 15 is 0 Å². The topological polar surface area (TPSA) is 63.8 Å². The number of rotatable bonds is 9. The van der Waals surface area contributed by atoms with Crippen molar-refractivity contribution in [1.82, 2.24) is 9.97 Å². The van der Waals surface area contributed by atoms with Crippen molar-refractivity contribution in [2.24, 2.45) is 0 Å². The molecule has 0 unspecified atom stereocenters. The van der Waals surface area contributed by atoms with E-state index in [1.807, 2.05) is 17.8 Å². The first kappa shape index (κ1) is 14.4. The Kier molecular flexibility index (Phi) is 5.76. The molecule has 1 saturated carbocycles. The van der Waals surface area contributed by atoms with Gasteiger partial charge in [-0.05, 0) is 37.7 Å². The second kappa shape index (κ2) is 7.58. The molecular weight excluding hydrogens is 256 g/mol. The lowest BCUT2D eigenvalue weighted by molar-refractivity contribution is 0.688. The Labute approximate surface area is 120 Å². The minimum absolute atomic E-state index is 0.551. The predicted octanol–water partition coefficient (Wildman–Crippen LogP) is 3.27. The molecule has 1 aromatic heterocycles. The van der Waals surface area contributed by atoms with Crippen LogP contribution in [0.5, 0.6) is 0 Å². The summed E-state index contributed by atoms with van der Waals surface area (Å²) in [5.41, 5.74) is 5.82. The van der Waals surface area contributed by atoms with Crippen LogP contribution in [0.25, 0.3) is 0 Å². The van der Waals surface area contributed by atoms with Gasteiger partial charge in [0.05, 0.1) is 0 Å². The third kappa shape index (κ3) is 5.27. The summed E-state index contributed by atoms with van der Waals surface area (Å²) in [5.74, 6) is 4.22. The Hall–Kier alpha value is -0.970. The van der Waals surface area contributed by atoms with Crippen LogP contribution in [0.15, 0.2) is 6.07 Å². The fourth-order valence-electron chi connectivity index (χ4n) is 2.04. The number of hydrogen-bond donors (Lipinski definition) is 2. The van der Waals surface area contributed by atoms with Gasteiger partial charge in [-0.1, -0.05) is 12.8 Å². The van der Waals surface area contributed by atoms with Crippen LogP contribution in [-0.4, -0.2) is 28.5 Å². The van der Waals surface area contributed by atoms with Crippen molar-refractivity contribution in [3.05, 3.63) is 11.9 Å². The molecular formula is C14H24N4S. The molecule has 5 heteroatoms. The van der Waals surface area contributed by atoms with Crippen molar-refractivity contribution < 1.29 is 0 Å². The normalized spacial score (nSPS) is 14.6. The number of thioether (sulfide) groups is 1. The van der Waals surface area contributed by atoms with Crippen molar-refractivity contribution in [1.29, 1.82) is 0 Å². The minimum atomic E-state index is 0.551. The van der Waals surface area contributed by atoms with Crippen LogP contribution < -0.4 is 11.1 Å². The first-order valence-electron chi connectivity index (χ1n) is 7.17. The zero-order valence-electron chi connectivity index (χ0n) is 11.7. The summed E-state index contributed by atoms with van der Waals surface area (Å²) in [5, 5.41) is 3.36. The van der Waals surface area contributed by atoms with Crippen LogP contribution in [0.1, 0.15) is 50.3 Å². The Balaban J connectivity index is 1.67. The molecule has 1 aromatic rings. The first-order chi connectivity index (χ1) is 9.29. The van der Waals surface area contributed by atoms with Crippen LogP contribution in [0.3, 0.4) is 0 Å². The van der Waals surface area contributed by atoms with Gasteiger partial charge in [0.25, 0.3) is 0 Å². The van der Waals surface area contributed by atoms with E-state index in [1.165, 1.54) is 44.3 Å². The lowest BCUT2D eigenvalue weighted by Gasteiger charge is -2.08. The fourth-order valence-corrected chi connectivity index (χ4v) is 2.53. The number of anilines is 2. The highest BCUT2D eigenvalue weighted by molar-refractivity contribution is 7.98. The lowest BCUT2D eigenvalue weighted by atomic mass is 10.2. The molecule has 106 valence electrons. The molecule has 19 heavy (non-hydrogen) atoms. The highest BCUT2D eigenvalue weighted by Crippen LogP contribution is 2.38. The molecule has 3 N–H and O–H groups in total. The molecule has 4 nitrogen and oxygen atoms in total. The summed E-state index contributed by atoms with van der Waals surface area (Å²) in [4.78, 5) is 8.84. The average molecular weight is 280 g/mol. The van der Waals surface area contributed by atoms with Crippen LogP contribution in [0, 0.1) is 0 Å². The number of hydrogen-bond acceptors (Lipinski definition) is 5. The van der Waals surface area contributed by atoms with E-state index in [9.17, 15) is 0 Å². The average Bonchev–Trinajstić information content (AvgIpc) is 3.21. The number of nitrogen functional groups attached to an aromatic ring is 1. The van der Waals surface area contributed by atoms with Gasteiger partial charge in [0.2, 0.25) is 0 Å². The highest BCUT2D eigenvalue weighted by atomic mass is 32.2. The summed E-state index contributed by atoms with van der Waals surface area (Å²) in [7, 11) is 0. The van der Waals surface area contributed by atoms with Gasteiger partial charge in [-0.3, -0.25) is 0 Å². The molecule has 0 spiro atoms. The first-order valence-corrected chi connectivity index (χ1v) is 8.56. The van der Waals surface area contributed by atoms with Crippen LogP contribution >= 0.6 is 11.8 Å². The largest absolute Gasteiger partial charge is 0.384 e. The third-order valence-corrected chi connectivity index (χ3v) is 3.98. The molecule has 0 aliphatic heterocycles. The van der Waals surface area contributed by atoms with E-state index in [2.05, 4.69) is 21.5 Å². The van der Waals surface area contributed by atoms with E-state index in [4.69, 9.17) is 5.73 Å². The third-order valence-electron chi connectivity index (χ3n) is 3.29. The van der Waals surface area contributed by atoms with Gasteiger partial charge >= 0.3 is 0 Å².